The summed E-state index contributed by atoms with van der Waals surface area (Å²) >= 11 is 0. The molecule has 18 nitrogen and oxygen atoms in total. The molecular weight excluding hydrogens is 830 g/mol. The number of aliphatic hydroxyl groups excluding tert-OH is 2. The molecule has 0 spiro atoms. The average Bonchev–Trinajstić information content (AvgIpc) is 4.04. The van der Waals surface area contributed by atoms with E-state index in [1.807, 2.05) is 0 Å². The number of phosphoric acid groups is 1. The molecule has 1 unspecified atom stereocenters. The summed E-state index contributed by atoms with van der Waals surface area (Å²) in [6.45, 7) is 4.98. The predicted octanol–water partition coefficient (Wildman–Crippen LogP) is 6.99. The van der Waals surface area contributed by atoms with Crippen molar-refractivity contribution in [3.8, 4) is 11.8 Å². The second kappa shape index (κ2) is 26.0. The van der Waals surface area contributed by atoms with Crippen LogP contribution in [0.3, 0.4) is 0 Å². The van der Waals surface area contributed by atoms with Gasteiger partial charge in [0.05, 0.1) is 49.9 Å². The zero-order valence-corrected chi connectivity index (χ0v) is 37.5. The fraction of sp³-hybridized carbons (Fsp3) is 0.636. The zero-order valence-electron chi connectivity index (χ0n) is 36.6. The Labute approximate surface area is 370 Å². The molecule has 0 aliphatic carbocycles. The number of aliphatic imine (C=N–C) groups is 1. The molecule has 346 valence electrons. The Kier molecular flexibility index (Phi) is 20.6. The van der Waals surface area contributed by atoms with Gasteiger partial charge in [-0.25, -0.2) is 23.7 Å². The van der Waals surface area contributed by atoms with Gasteiger partial charge in [0.15, 0.2) is 5.82 Å². The lowest BCUT2D eigenvalue weighted by molar-refractivity contribution is -0.107. The van der Waals surface area contributed by atoms with Gasteiger partial charge in [0, 0.05) is 6.61 Å². The van der Waals surface area contributed by atoms with Crippen molar-refractivity contribution >= 4 is 25.9 Å². The minimum absolute atomic E-state index is 0.0544. The quantitative estimate of drug-likeness (QED) is 0.0219. The van der Waals surface area contributed by atoms with E-state index in [0.717, 1.165) is 19.3 Å². The number of rotatable bonds is 32. The maximum Gasteiger partial charge on any atom is 0.472 e. The Balaban J connectivity index is 1.10. The van der Waals surface area contributed by atoms with Crippen LogP contribution in [0.1, 0.15) is 133 Å². The maximum absolute atomic E-state index is 13.4. The molecular formula is C44H66N9O9P. The number of ether oxygens (including phenoxy) is 3. The van der Waals surface area contributed by atoms with E-state index in [1.54, 1.807) is 30.3 Å². The first-order chi connectivity index (χ1) is 30.6. The van der Waals surface area contributed by atoms with Gasteiger partial charge in [-0.2, -0.15) is 15.5 Å². The van der Waals surface area contributed by atoms with Crippen molar-refractivity contribution in [1.82, 2.24) is 29.4 Å². The van der Waals surface area contributed by atoms with Crippen molar-refractivity contribution in [1.29, 1.82) is 5.26 Å². The average molecular weight is 896 g/mol. The highest BCUT2D eigenvalue weighted by atomic mass is 31.2. The molecule has 5 N–H and O–H groups in total. The lowest BCUT2D eigenvalue weighted by Gasteiger charge is -2.30. The van der Waals surface area contributed by atoms with Gasteiger partial charge in [-0.1, -0.05) is 109 Å². The Hall–Kier alpha value is -4.15. The highest BCUT2D eigenvalue weighted by Crippen LogP contribution is 2.48. The number of phosphoric ester groups is 1. The number of aliphatic hydroxyl groups is 2. The van der Waals surface area contributed by atoms with Crippen molar-refractivity contribution in [3.05, 3.63) is 66.1 Å². The first-order valence-electron chi connectivity index (χ1n) is 22.3. The molecule has 0 radical (unpaired) electrons. The van der Waals surface area contributed by atoms with Crippen LogP contribution in [0.5, 0.6) is 0 Å². The Bertz CT molecular complexity index is 2050. The summed E-state index contributed by atoms with van der Waals surface area (Å²) in [5.74, 6) is 0.200. The summed E-state index contributed by atoms with van der Waals surface area (Å²) in [4.78, 5) is 22.7. The van der Waals surface area contributed by atoms with Crippen molar-refractivity contribution in [2.45, 2.75) is 146 Å². The molecule has 1 fully saturated rings. The van der Waals surface area contributed by atoms with Crippen LogP contribution in [0.2, 0.25) is 0 Å². The number of aromatic nitrogens is 6. The number of benzene rings is 1. The highest BCUT2D eigenvalue weighted by Gasteiger charge is 2.56. The number of hydrogen-bond donors (Lipinski definition) is 4. The molecule has 0 amide bonds. The lowest BCUT2D eigenvalue weighted by atomic mass is 9.95. The van der Waals surface area contributed by atoms with Crippen molar-refractivity contribution < 1.29 is 42.9 Å². The number of nitrogens with zero attached hydrogens (tertiary/aromatic N) is 8. The summed E-state index contributed by atoms with van der Waals surface area (Å²) in [5, 5.41) is 40.4. The van der Waals surface area contributed by atoms with E-state index in [1.165, 1.54) is 112 Å². The monoisotopic (exact) mass is 895 g/mol. The van der Waals surface area contributed by atoms with Crippen LogP contribution in [0.15, 0.2) is 54.3 Å². The molecule has 1 saturated heterocycles. The largest absolute Gasteiger partial charge is 0.472 e. The molecule has 19 heteroatoms. The first kappa shape index (κ1) is 49.9. The molecule has 1 aliphatic heterocycles. The summed E-state index contributed by atoms with van der Waals surface area (Å²) < 4.78 is 45.5. The van der Waals surface area contributed by atoms with Crippen LogP contribution in [0.25, 0.3) is 11.2 Å². The molecule has 3 aromatic heterocycles. The number of unbranched alkanes of at least 4 members (excludes halogenated alkanes) is 15. The Morgan fingerprint density at radius 3 is 2.27 bits per heavy atom. The zero-order chi connectivity index (χ0) is 44.9. The molecule has 1 aliphatic rings. The van der Waals surface area contributed by atoms with E-state index in [0.29, 0.717) is 34.6 Å². The predicted molar refractivity (Wildman–Crippen MR) is 237 cm³/mol. The minimum Gasteiger partial charge on any atom is -0.387 e. The van der Waals surface area contributed by atoms with Crippen molar-refractivity contribution in [2.75, 3.05) is 38.7 Å². The van der Waals surface area contributed by atoms with Crippen LogP contribution in [0, 0.1) is 11.3 Å². The maximum atomic E-state index is 13.4. The Morgan fingerprint density at radius 2 is 1.63 bits per heavy atom. The van der Waals surface area contributed by atoms with Gasteiger partial charge in [-0.3, -0.25) is 14.0 Å². The van der Waals surface area contributed by atoms with E-state index < -0.39 is 51.1 Å². The third-order valence-electron chi connectivity index (χ3n) is 11.4. The minimum atomic E-state index is -4.83. The van der Waals surface area contributed by atoms with Crippen LogP contribution in [-0.2, 0) is 34.4 Å². The number of nitrogen functional groups attached to an aromatic ring is 1. The standard InChI is InChI=1S/C44H66N9O9P/c1-3-4-5-6-7-8-9-10-11-12-13-14-15-16-17-18-23-58-27-36(59-26-34-19-20-35(25-45)39(24-34)52-33-48-31-50-52)28-60-63(56,57)61-30-44(29-47-2)42(55)40(54)41(62-44)37-21-22-38-43(46)49-32-51-53(37)38/h19-22,24,31-33,36,40-42,54-55H,2-18,23,26-30H2,1H3,(H,56,57)(H2,46,49,51)/t36-,40+,41+,42+,44-/m1/s1. The molecule has 4 aromatic rings. The number of hydrogen-bond acceptors (Lipinski definition) is 15. The lowest BCUT2D eigenvalue weighted by Crippen LogP contribution is -2.49. The second-order valence-electron chi connectivity index (χ2n) is 16.3. The van der Waals surface area contributed by atoms with E-state index in [9.17, 15) is 24.9 Å². The van der Waals surface area contributed by atoms with E-state index >= 15 is 0 Å². The van der Waals surface area contributed by atoms with E-state index in [2.05, 4.69) is 44.9 Å². The van der Waals surface area contributed by atoms with Crippen LogP contribution >= 0.6 is 7.82 Å². The summed E-state index contributed by atoms with van der Waals surface area (Å²) in [6, 6.07) is 10.6. The third kappa shape index (κ3) is 15.0. The van der Waals surface area contributed by atoms with Gasteiger partial charge in [0.1, 0.15) is 60.6 Å². The number of anilines is 1. The van der Waals surface area contributed by atoms with Gasteiger partial charge in [0.25, 0.3) is 0 Å². The Morgan fingerprint density at radius 1 is 0.952 bits per heavy atom. The molecule has 0 bridgehead atoms. The smallest absolute Gasteiger partial charge is 0.387 e. The summed E-state index contributed by atoms with van der Waals surface area (Å²) in [7, 11) is -4.83. The van der Waals surface area contributed by atoms with Crippen LogP contribution in [-0.4, -0.2) is 108 Å². The summed E-state index contributed by atoms with van der Waals surface area (Å²) in [6.07, 6.45) is 19.3. The van der Waals surface area contributed by atoms with Gasteiger partial charge in [0.2, 0.25) is 0 Å². The number of nitrogens with two attached hydrogens (primary N) is 1. The summed E-state index contributed by atoms with van der Waals surface area (Å²) in [5.41, 5.74) is 6.63. The van der Waals surface area contributed by atoms with E-state index in [-0.39, 0.29) is 25.6 Å². The van der Waals surface area contributed by atoms with Crippen LogP contribution in [0.4, 0.5) is 5.82 Å². The third-order valence-corrected chi connectivity index (χ3v) is 12.3. The molecule has 5 rings (SSSR count). The first-order valence-corrected chi connectivity index (χ1v) is 23.8. The topological polar surface area (TPSA) is 247 Å². The van der Waals surface area contributed by atoms with Gasteiger partial charge in [-0.15, -0.1) is 0 Å². The second-order valence-corrected chi connectivity index (χ2v) is 17.7. The van der Waals surface area contributed by atoms with Crippen LogP contribution < -0.4 is 5.73 Å². The molecule has 1 aromatic carbocycles. The van der Waals surface area contributed by atoms with Crippen molar-refractivity contribution in [2.24, 2.45) is 4.99 Å². The fourth-order valence-corrected chi connectivity index (χ4v) is 8.60. The normalized spacial score (nSPS) is 20.2. The molecule has 4 heterocycles. The number of fused-ring (bicyclic) bond motifs is 1. The van der Waals surface area contributed by atoms with Crippen molar-refractivity contribution in [3.63, 3.8) is 0 Å². The SMILES string of the molecule is C=NC[C@]1(COP(=O)(O)OC[C@@H](COCCCCCCCCCCCCCCCCCC)OCc2ccc(C#N)c(-n3cncn3)c2)O[C@@H](c2ccc3c(N)ncnn23)[C@H](O)[C@@H]1O. The van der Waals surface area contributed by atoms with E-state index in [4.69, 9.17) is 29.0 Å². The van der Waals surface area contributed by atoms with Gasteiger partial charge >= 0.3 is 7.82 Å². The molecule has 6 atom stereocenters. The molecule has 63 heavy (non-hydrogen) atoms. The fourth-order valence-electron chi connectivity index (χ4n) is 7.79. The molecule has 0 saturated carbocycles. The van der Waals surface area contributed by atoms with Gasteiger partial charge < -0.3 is 35.1 Å². The number of nitriles is 1. The highest BCUT2D eigenvalue weighted by molar-refractivity contribution is 7.47. The van der Waals surface area contributed by atoms with Gasteiger partial charge in [-0.05, 0) is 43.0 Å².